The third-order valence-electron chi connectivity index (χ3n) is 2.87. The van der Waals surface area contributed by atoms with Crippen molar-refractivity contribution in [1.82, 2.24) is 0 Å². The van der Waals surface area contributed by atoms with Crippen molar-refractivity contribution < 1.29 is 13.9 Å². The van der Waals surface area contributed by atoms with Crippen molar-refractivity contribution in [2.75, 3.05) is 7.11 Å². The Balaban J connectivity index is 2.15. The summed E-state index contributed by atoms with van der Waals surface area (Å²) in [6.07, 6.45) is 0. The van der Waals surface area contributed by atoms with Crippen LogP contribution in [-0.4, -0.2) is 7.11 Å². The third kappa shape index (κ3) is 3.40. The minimum absolute atomic E-state index is 0.0326. The van der Waals surface area contributed by atoms with Gasteiger partial charge in [0.25, 0.3) is 0 Å². The highest BCUT2D eigenvalue weighted by atomic mass is 35.5. The van der Waals surface area contributed by atoms with Gasteiger partial charge in [0, 0.05) is 18.2 Å². The number of rotatable bonds is 5. The number of halogens is 2. The molecular formula is C15H15ClFNO2. The van der Waals surface area contributed by atoms with Crippen molar-refractivity contribution in [3.05, 3.63) is 58.4 Å². The van der Waals surface area contributed by atoms with Gasteiger partial charge in [0.1, 0.15) is 23.9 Å². The van der Waals surface area contributed by atoms with Crippen LogP contribution in [0.2, 0.25) is 5.02 Å². The van der Waals surface area contributed by atoms with E-state index in [-0.39, 0.29) is 5.02 Å². The molecule has 106 valence electrons. The van der Waals surface area contributed by atoms with E-state index >= 15 is 0 Å². The maximum atomic E-state index is 13.1. The van der Waals surface area contributed by atoms with E-state index in [9.17, 15) is 4.39 Å². The number of ether oxygens (including phenoxy) is 2. The van der Waals surface area contributed by atoms with Gasteiger partial charge in [-0.1, -0.05) is 17.7 Å². The van der Waals surface area contributed by atoms with Gasteiger partial charge in [-0.3, -0.25) is 0 Å². The summed E-state index contributed by atoms with van der Waals surface area (Å²) in [6, 6.07) is 9.90. The van der Waals surface area contributed by atoms with Crippen molar-refractivity contribution in [2.24, 2.45) is 5.73 Å². The van der Waals surface area contributed by atoms with Gasteiger partial charge >= 0.3 is 0 Å². The Morgan fingerprint density at radius 2 is 2.00 bits per heavy atom. The van der Waals surface area contributed by atoms with Crippen LogP contribution in [0, 0.1) is 5.82 Å². The molecule has 2 N–H and O–H groups in total. The standard InChI is InChI=1S/C15H15ClFNO2/c1-19-15-5-2-10(8-18)6-11(15)9-20-12-3-4-14(17)13(16)7-12/h2-7H,8-9,18H2,1H3. The van der Waals surface area contributed by atoms with E-state index in [1.54, 1.807) is 7.11 Å². The molecule has 2 aromatic carbocycles. The minimum Gasteiger partial charge on any atom is -0.496 e. The first-order valence-corrected chi connectivity index (χ1v) is 6.45. The average molecular weight is 296 g/mol. The summed E-state index contributed by atoms with van der Waals surface area (Å²) in [5.41, 5.74) is 7.47. The molecule has 0 aromatic heterocycles. The summed E-state index contributed by atoms with van der Waals surface area (Å²) in [5.74, 6) is 0.744. The average Bonchev–Trinajstić information content (AvgIpc) is 2.48. The van der Waals surface area contributed by atoms with Crippen LogP contribution >= 0.6 is 11.6 Å². The molecule has 0 spiro atoms. The van der Waals surface area contributed by atoms with Crippen LogP contribution in [0.5, 0.6) is 11.5 Å². The lowest BCUT2D eigenvalue weighted by atomic mass is 10.1. The van der Waals surface area contributed by atoms with Crippen LogP contribution in [0.15, 0.2) is 36.4 Å². The maximum Gasteiger partial charge on any atom is 0.142 e. The summed E-state index contributed by atoms with van der Waals surface area (Å²) in [5, 5.41) is 0.0326. The van der Waals surface area contributed by atoms with Crippen LogP contribution in [0.4, 0.5) is 4.39 Å². The SMILES string of the molecule is COc1ccc(CN)cc1COc1ccc(F)c(Cl)c1. The molecule has 0 amide bonds. The molecule has 0 radical (unpaired) electrons. The Morgan fingerprint density at radius 3 is 2.65 bits per heavy atom. The second-order valence-electron chi connectivity index (χ2n) is 4.21. The van der Waals surface area contributed by atoms with Crippen LogP contribution < -0.4 is 15.2 Å². The first kappa shape index (κ1) is 14.6. The second kappa shape index (κ2) is 6.59. The maximum absolute atomic E-state index is 13.1. The molecule has 0 saturated carbocycles. The Bertz CT molecular complexity index is 604. The molecule has 0 aliphatic rings. The van der Waals surface area contributed by atoms with Crippen molar-refractivity contribution in [3.63, 3.8) is 0 Å². The van der Waals surface area contributed by atoms with Gasteiger partial charge in [-0.15, -0.1) is 0 Å². The number of nitrogens with two attached hydrogens (primary N) is 1. The number of methoxy groups -OCH3 is 1. The van der Waals surface area contributed by atoms with Crippen molar-refractivity contribution >= 4 is 11.6 Å². The van der Waals surface area contributed by atoms with Crippen LogP contribution in [0.1, 0.15) is 11.1 Å². The van der Waals surface area contributed by atoms with Crippen LogP contribution in [0.25, 0.3) is 0 Å². The van der Waals surface area contributed by atoms with Gasteiger partial charge < -0.3 is 15.2 Å². The lowest BCUT2D eigenvalue weighted by Gasteiger charge is -2.12. The molecule has 5 heteroatoms. The Kier molecular flexibility index (Phi) is 4.82. The minimum atomic E-state index is -0.471. The predicted molar refractivity (Wildman–Crippen MR) is 76.6 cm³/mol. The molecule has 2 rings (SSSR count). The van der Waals surface area contributed by atoms with Gasteiger partial charge in [-0.2, -0.15) is 0 Å². The highest BCUT2D eigenvalue weighted by Crippen LogP contribution is 2.25. The van der Waals surface area contributed by atoms with E-state index < -0.39 is 5.82 Å². The number of hydrogen-bond acceptors (Lipinski definition) is 3. The van der Waals surface area contributed by atoms with E-state index in [1.807, 2.05) is 18.2 Å². The van der Waals surface area contributed by atoms with E-state index in [1.165, 1.54) is 18.2 Å². The molecule has 2 aromatic rings. The second-order valence-corrected chi connectivity index (χ2v) is 4.62. The fourth-order valence-corrected chi connectivity index (χ4v) is 1.97. The third-order valence-corrected chi connectivity index (χ3v) is 3.16. The summed E-state index contributed by atoms with van der Waals surface area (Å²) in [4.78, 5) is 0. The Labute approximate surface area is 122 Å². The van der Waals surface area contributed by atoms with E-state index in [4.69, 9.17) is 26.8 Å². The predicted octanol–water partition coefficient (Wildman–Crippen LogP) is 3.53. The number of hydrogen-bond donors (Lipinski definition) is 1. The molecule has 20 heavy (non-hydrogen) atoms. The highest BCUT2D eigenvalue weighted by Gasteiger charge is 2.07. The van der Waals surface area contributed by atoms with Gasteiger partial charge in [-0.05, 0) is 29.8 Å². The molecule has 0 saturated heterocycles. The van der Waals surface area contributed by atoms with Gasteiger partial charge in [-0.25, -0.2) is 4.39 Å². The topological polar surface area (TPSA) is 44.5 Å². The quantitative estimate of drug-likeness (QED) is 0.918. The zero-order chi connectivity index (χ0) is 14.5. The summed E-state index contributed by atoms with van der Waals surface area (Å²) in [7, 11) is 1.59. The molecule has 3 nitrogen and oxygen atoms in total. The molecule has 0 bridgehead atoms. The van der Waals surface area contributed by atoms with E-state index in [2.05, 4.69) is 0 Å². The van der Waals surface area contributed by atoms with Crippen LogP contribution in [-0.2, 0) is 13.2 Å². The largest absolute Gasteiger partial charge is 0.496 e. The Hall–Kier alpha value is -1.78. The monoisotopic (exact) mass is 295 g/mol. The smallest absolute Gasteiger partial charge is 0.142 e. The number of benzene rings is 2. The van der Waals surface area contributed by atoms with E-state index in [0.717, 1.165) is 16.9 Å². The zero-order valence-corrected chi connectivity index (χ0v) is 11.8. The van der Waals surface area contributed by atoms with Crippen molar-refractivity contribution in [2.45, 2.75) is 13.2 Å². The molecule has 0 aliphatic heterocycles. The van der Waals surface area contributed by atoms with E-state index in [0.29, 0.717) is 18.9 Å². The molecular weight excluding hydrogens is 281 g/mol. The summed E-state index contributed by atoms with van der Waals surface area (Å²) >= 11 is 5.71. The van der Waals surface area contributed by atoms with Gasteiger partial charge in [0.05, 0.1) is 12.1 Å². The lowest BCUT2D eigenvalue weighted by Crippen LogP contribution is -2.02. The Morgan fingerprint density at radius 1 is 1.20 bits per heavy atom. The normalized spacial score (nSPS) is 10.4. The summed E-state index contributed by atoms with van der Waals surface area (Å²) in [6.45, 7) is 0.734. The molecule has 0 fully saturated rings. The molecule has 0 heterocycles. The van der Waals surface area contributed by atoms with Crippen molar-refractivity contribution in [1.29, 1.82) is 0 Å². The fourth-order valence-electron chi connectivity index (χ4n) is 1.80. The molecule has 0 aliphatic carbocycles. The zero-order valence-electron chi connectivity index (χ0n) is 11.0. The van der Waals surface area contributed by atoms with Gasteiger partial charge in [0.2, 0.25) is 0 Å². The van der Waals surface area contributed by atoms with Gasteiger partial charge in [0.15, 0.2) is 0 Å². The van der Waals surface area contributed by atoms with Crippen LogP contribution in [0.3, 0.4) is 0 Å². The lowest BCUT2D eigenvalue weighted by molar-refractivity contribution is 0.296. The fraction of sp³-hybridized carbons (Fsp3) is 0.200. The first-order valence-electron chi connectivity index (χ1n) is 6.07. The van der Waals surface area contributed by atoms with Crippen molar-refractivity contribution in [3.8, 4) is 11.5 Å². The molecule has 0 atom stereocenters. The highest BCUT2D eigenvalue weighted by molar-refractivity contribution is 6.30. The first-order chi connectivity index (χ1) is 9.63. The molecule has 0 unspecified atom stereocenters. The summed E-state index contributed by atoms with van der Waals surface area (Å²) < 4.78 is 23.9.